The van der Waals surface area contributed by atoms with Crippen molar-refractivity contribution in [1.82, 2.24) is 0 Å². The van der Waals surface area contributed by atoms with Crippen molar-refractivity contribution in [3.63, 3.8) is 0 Å². The fraction of sp³-hybridized carbons (Fsp3) is 0.417. The van der Waals surface area contributed by atoms with Crippen LogP contribution in [0.3, 0.4) is 0 Å². The molecule has 0 amide bonds. The van der Waals surface area contributed by atoms with E-state index in [0.29, 0.717) is 23.2 Å². The van der Waals surface area contributed by atoms with Crippen LogP contribution in [-0.4, -0.2) is 28.7 Å². The minimum Gasteiger partial charge on any atom is -0.492 e. The first-order chi connectivity index (χ1) is 8.54. The second-order valence-electron chi connectivity index (χ2n) is 3.89. The molecule has 0 aliphatic rings. The molecule has 0 bridgehead atoms. The molecule has 0 aliphatic carbocycles. The Bertz CT molecular complexity index is 425. The molecule has 0 spiro atoms. The minimum absolute atomic E-state index is 0.0443. The van der Waals surface area contributed by atoms with Crippen molar-refractivity contribution < 1.29 is 9.94 Å². The molecule has 0 aliphatic heterocycles. The Morgan fingerprint density at radius 3 is 2.89 bits per heavy atom. The minimum atomic E-state index is 0.0443. The van der Waals surface area contributed by atoms with Crippen LogP contribution in [0.1, 0.15) is 19.4 Å². The van der Waals surface area contributed by atoms with E-state index in [9.17, 15) is 0 Å². The number of nitrogens with zero attached hydrogens (tertiary/aromatic N) is 1. The molecule has 1 rings (SSSR count). The summed E-state index contributed by atoms with van der Waals surface area (Å²) in [6.07, 6.45) is 0. The SMILES string of the molecule is CC(C)SCCOc1ccc(Br)cc1/C(N)=N/O. The Hall–Kier alpha value is -0.880. The van der Waals surface area contributed by atoms with Gasteiger partial charge in [0.2, 0.25) is 0 Å². The van der Waals surface area contributed by atoms with E-state index >= 15 is 0 Å². The number of halogens is 1. The topological polar surface area (TPSA) is 67.8 Å². The van der Waals surface area contributed by atoms with Crippen LogP contribution >= 0.6 is 27.7 Å². The molecule has 1 aromatic carbocycles. The summed E-state index contributed by atoms with van der Waals surface area (Å²) in [6.45, 7) is 4.88. The first kappa shape index (κ1) is 15.2. The molecule has 1 aromatic rings. The summed E-state index contributed by atoms with van der Waals surface area (Å²) in [6, 6.07) is 5.43. The average molecular weight is 333 g/mol. The first-order valence-electron chi connectivity index (χ1n) is 5.56. The fourth-order valence-corrected chi connectivity index (χ4v) is 2.33. The van der Waals surface area contributed by atoms with Gasteiger partial charge >= 0.3 is 0 Å². The van der Waals surface area contributed by atoms with E-state index in [1.807, 2.05) is 17.8 Å². The molecular formula is C12H17BrN2O2S. The first-order valence-corrected chi connectivity index (χ1v) is 7.40. The number of nitrogens with two attached hydrogens (primary N) is 1. The number of ether oxygens (including phenoxy) is 1. The molecule has 4 nitrogen and oxygen atoms in total. The van der Waals surface area contributed by atoms with Gasteiger partial charge in [0.15, 0.2) is 5.84 Å². The van der Waals surface area contributed by atoms with E-state index in [1.54, 1.807) is 12.1 Å². The fourth-order valence-electron chi connectivity index (χ4n) is 1.32. The van der Waals surface area contributed by atoms with Crippen molar-refractivity contribution in [2.75, 3.05) is 12.4 Å². The van der Waals surface area contributed by atoms with E-state index in [-0.39, 0.29) is 5.84 Å². The predicted octanol–water partition coefficient (Wildman–Crippen LogP) is 3.06. The van der Waals surface area contributed by atoms with Crippen molar-refractivity contribution in [3.05, 3.63) is 28.2 Å². The summed E-state index contributed by atoms with van der Waals surface area (Å²) in [4.78, 5) is 0. The predicted molar refractivity (Wildman–Crippen MR) is 79.7 cm³/mol. The summed E-state index contributed by atoms with van der Waals surface area (Å²) in [5.41, 5.74) is 6.20. The molecule has 0 heterocycles. The second kappa shape index (κ2) is 7.53. The Kier molecular flexibility index (Phi) is 6.35. The van der Waals surface area contributed by atoms with Gasteiger partial charge in [0.05, 0.1) is 12.2 Å². The summed E-state index contributed by atoms with van der Waals surface area (Å²) >= 11 is 5.17. The van der Waals surface area contributed by atoms with E-state index in [2.05, 4.69) is 34.9 Å². The summed E-state index contributed by atoms with van der Waals surface area (Å²) in [5.74, 6) is 1.57. The van der Waals surface area contributed by atoms with Crippen molar-refractivity contribution >= 4 is 33.5 Å². The Labute approximate surface area is 120 Å². The lowest BCUT2D eigenvalue weighted by molar-refractivity contribution is 0.317. The number of rotatable bonds is 6. The lowest BCUT2D eigenvalue weighted by Crippen LogP contribution is -2.15. The summed E-state index contributed by atoms with van der Waals surface area (Å²) in [5, 5.41) is 12.3. The van der Waals surface area contributed by atoms with Crippen LogP contribution in [0.4, 0.5) is 0 Å². The van der Waals surface area contributed by atoms with E-state index in [1.165, 1.54) is 0 Å². The number of benzene rings is 1. The third-order valence-electron chi connectivity index (χ3n) is 2.12. The van der Waals surface area contributed by atoms with Gasteiger partial charge in [-0.05, 0) is 23.4 Å². The maximum Gasteiger partial charge on any atom is 0.173 e. The molecule has 18 heavy (non-hydrogen) atoms. The van der Waals surface area contributed by atoms with Crippen molar-refractivity contribution in [1.29, 1.82) is 0 Å². The highest BCUT2D eigenvalue weighted by Crippen LogP contribution is 2.23. The zero-order valence-corrected chi connectivity index (χ0v) is 12.8. The number of amidine groups is 1. The molecule has 0 aromatic heterocycles. The highest BCUT2D eigenvalue weighted by atomic mass is 79.9. The number of thioether (sulfide) groups is 1. The Morgan fingerprint density at radius 1 is 1.56 bits per heavy atom. The number of oxime groups is 1. The van der Waals surface area contributed by atoms with Crippen LogP contribution in [-0.2, 0) is 0 Å². The lowest BCUT2D eigenvalue weighted by atomic mass is 10.2. The monoisotopic (exact) mass is 332 g/mol. The quantitative estimate of drug-likeness (QED) is 0.276. The van der Waals surface area contributed by atoms with Gasteiger partial charge in [0.1, 0.15) is 5.75 Å². The molecular weight excluding hydrogens is 316 g/mol. The van der Waals surface area contributed by atoms with Crippen LogP contribution in [0.5, 0.6) is 5.75 Å². The standard InChI is InChI=1S/C12H17BrN2O2S/c1-8(2)18-6-5-17-11-4-3-9(13)7-10(11)12(14)15-16/h3-4,7-8,16H,5-6H2,1-2H3,(H2,14,15). The molecule has 3 N–H and O–H groups in total. The Balaban J connectivity index is 2.70. The van der Waals surface area contributed by atoms with Crippen molar-refractivity contribution in [3.8, 4) is 5.75 Å². The van der Waals surface area contributed by atoms with Gasteiger partial charge in [-0.2, -0.15) is 11.8 Å². The van der Waals surface area contributed by atoms with Gasteiger partial charge in [-0.15, -0.1) is 0 Å². The smallest absolute Gasteiger partial charge is 0.173 e. The van der Waals surface area contributed by atoms with E-state index in [4.69, 9.17) is 15.7 Å². The van der Waals surface area contributed by atoms with E-state index < -0.39 is 0 Å². The summed E-state index contributed by atoms with van der Waals surface area (Å²) < 4.78 is 6.51. The Morgan fingerprint density at radius 2 is 2.28 bits per heavy atom. The summed E-state index contributed by atoms with van der Waals surface area (Å²) in [7, 11) is 0. The molecule has 0 saturated heterocycles. The molecule has 0 atom stereocenters. The van der Waals surface area contributed by atoms with Crippen LogP contribution < -0.4 is 10.5 Å². The highest BCUT2D eigenvalue weighted by molar-refractivity contribution is 9.10. The van der Waals surface area contributed by atoms with Gasteiger partial charge in [0.25, 0.3) is 0 Å². The highest BCUT2D eigenvalue weighted by Gasteiger charge is 2.09. The molecule has 0 radical (unpaired) electrons. The molecule has 0 unspecified atom stereocenters. The van der Waals surface area contributed by atoms with Crippen molar-refractivity contribution in [2.45, 2.75) is 19.1 Å². The van der Waals surface area contributed by atoms with Gasteiger partial charge in [-0.3, -0.25) is 0 Å². The molecule has 100 valence electrons. The van der Waals surface area contributed by atoms with Crippen LogP contribution in [0, 0.1) is 0 Å². The van der Waals surface area contributed by atoms with Gasteiger partial charge in [0, 0.05) is 10.2 Å². The number of hydrogen-bond donors (Lipinski definition) is 2. The second-order valence-corrected chi connectivity index (χ2v) is 6.49. The molecule has 0 fully saturated rings. The van der Waals surface area contributed by atoms with Crippen LogP contribution in [0.15, 0.2) is 27.8 Å². The van der Waals surface area contributed by atoms with Crippen molar-refractivity contribution in [2.24, 2.45) is 10.9 Å². The van der Waals surface area contributed by atoms with Crippen LogP contribution in [0.25, 0.3) is 0 Å². The van der Waals surface area contributed by atoms with E-state index in [0.717, 1.165) is 10.2 Å². The maximum absolute atomic E-state index is 8.74. The lowest BCUT2D eigenvalue weighted by Gasteiger charge is -2.11. The van der Waals surface area contributed by atoms with Gasteiger partial charge in [-0.25, -0.2) is 0 Å². The third kappa shape index (κ3) is 4.78. The zero-order chi connectivity index (χ0) is 13.5. The normalized spacial score (nSPS) is 11.9. The third-order valence-corrected chi connectivity index (χ3v) is 3.68. The van der Waals surface area contributed by atoms with Gasteiger partial charge < -0.3 is 15.7 Å². The molecule has 0 saturated carbocycles. The number of hydrogen-bond acceptors (Lipinski definition) is 4. The van der Waals surface area contributed by atoms with Crippen LogP contribution in [0.2, 0.25) is 0 Å². The largest absolute Gasteiger partial charge is 0.492 e. The maximum atomic E-state index is 8.74. The van der Waals surface area contributed by atoms with Gasteiger partial charge in [-0.1, -0.05) is 34.9 Å². The molecule has 6 heteroatoms. The zero-order valence-electron chi connectivity index (χ0n) is 10.4. The average Bonchev–Trinajstić information content (AvgIpc) is 2.34.